The topological polar surface area (TPSA) is 50.4 Å². The maximum absolute atomic E-state index is 12.0. The molecule has 2 aromatic rings. The van der Waals surface area contributed by atoms with Gasteiger partial charge in [0.05, 0.1) is 6.54 Å². The van der Waals surface area contributed by atoms with E-state index in [1.54, 1.807) is 0 Å². The zero-order valence-electron chi connectivity index (χ0n) is 15.8. The van der Waals surface area contributed by atoms with E-state index in [0.717, 1.165) is 22.6 Å². The van der Waals surface area contributed by atoms with Crippen molar-refractivity contribution in [1.82, 2.24) is 5.32 Å². The first kappa shape index (κ1) is 18.8. The van der Waals surface area contributed by atoms with Crippen LogP contribution in [0.2, 0.25) is 0 Å². The first-order valence-electron chi connectivity index (χ1n) is 8.60. The quantitative estimate of drug-likeness (QED) is 0.768. The minimum absolute atomic E-state index is 0.0868. The summed E-state index contributed by atoms with van der Waals surface area (Å²) >= 11 is 0. The number of anilines is 1. The summed E-state index contributed by atoms with van der Waals surface area (Å²) in [7, 11) is 0. The summed E-state index contributed by atoms with van der Waals surface area (Å²) in [6, 6.07) is 13.8. The van der Waals surface area contributed by atoms with E-state index in [9.17, 15) is 4.79 Å². The molecule has 0 aliphatic carbocycles. The lowest BCUT2D eigenvalue weighted by Crippen LogP contribution is -2.32. The van der Waals surface area contributed by atoms with E-state index in [4.69, 9.17) is 4.74 Å². The molecule has 0 aromatic heterocycles. The van der Waals surface area contributed by atoms with Gasteiger partial charge in [0.25, 0.3) is 0 Å². The Morgan fingerprint density at radius 3 is 2.36 bits per heavy atom. The molecule has 25 heavy (non-hydrogen) atoms. The lowest BCUT2D eigenvalue weighted by molar-refractivity contribution is 0.247. The average molecular weight is 340 g/mol. The number of urea groups is 1. The molecule has 2 aromatic carbocycles. The van der Waals surface area contributed by atoms with E-state index in [-0.39, 0.29) is 11.4 Å². The Kier molecular flexibility index (Phi) is 6.07. The minimum atomic E-state index is -0.225. The highest BCUT2D eigenvalue weighted by Gasteiger charge is 2.13. The Bertz CT molecular complexity index is 713. The summed E-state index contributed by atoms with van der Waals surface area (Å²) in [5.74, 6) is 0.823. The third kappa shape index (κ3) is 6.14. The van der Waals surface area contributed by atoms with Gasteiger partial charge in [-0.1, -0.05) is 39.0 Å². The molecule has 0 bridgehead atoms. The van der Waals surface area contributed by atoms with Gasteiger partial charge in [-0.05, 0) is 60.2 Å². The van der Waals surface area contributed by atoms with Crippen molar-refractivity contribution in [2.24, 2.45) is 0 Å². The van der Waals surface area contributed by atoms with E-state index in [1.165, 1.54) is 5.56 Å². The van der Waals surface area contributed by atoms with Gasteiger partial charge in [0.2, 0.25) is 0 Å². The fraction of sp³-hybridized carbons (Fsp3) is 0.381. The molecular weight excluding hydrogens is 312 g/mol. The van der Waals surface area contributed by atoms with Gasteiger partial charge in [-0.25, -0.2) is 4.79 Å². The van der Waals surface area contributed by atoms with E-state index < -0.39 is 0 Å². The van der Waals surface area contributed by atoms with Crippen molar-refractivity contribution < 1.29 is 9.53 Å². The number of carbonyl (C=O) groups excluding carboxylic acids is 1. The maximum Gasteiger partial charge on any atom is 0.319 e. The molecule has 0 fully saturated rings. The monoisotopic (exact) mass is 340 g/mol. The molecule has 0 aliphatic heterocycles. The fourth-order valence-electron chi connectivity index (χ4n) is 2.61. The first-order chi connectivity index (χ1) is 11.7. The van der Waals surface area contributed by atoms with E-state index in [1.807, 2.05) is 38.1 Å². The van der Waals surface area contributed by atoms with E-state index >= 15 is 0 Å². The molecule has 0 aliphatic rings. The Morgan fingerprint density at radius 2 is 1.72 bits per heavy atom. The van der Waals surface area contributed by atoms with Gasteiger partial charge in [-0.3, -0.25) is 0 Å². The fourth-order valence-corrected chi connectivity index (χ4v) is 2.61. The van der Waals surface area contributed by atoms with Crippen molar-refractivity contribution >= 4 is 11.7 Å². The van der Waals surface area contributed by atoms with Crippen LogP contribution in [0.15, 0.2) is 42.5 Å². The summed E-state index contributed by atoms with van der Waals surface area (Å²) in [5, 5.41) is 5.66. The molecule has 0 atom stereocenters. The second-order valence-electron chi connectivity index (χ2n) is 7.38. The SMILES string of the molecule is Cc1cc(C)cc(NC(=O)NCCOc2cccc(C(C)(C)C)c2)c1. The van der Waals surface area contributed by atoms with Crippen molar-refractivity contribution in [3.63, 3.8) is 0 Å². The van der Waals surface area contributed by atoms with E-state index in [0.29, 0.717) is 13.2 Å². The van der Waals surface area contributed by atoms with Gasteiger partial charge in [0, 0.05) is 5.69 Å². The highest BCUT2D eigenvalue weighted by Crippen LogP contribution is 2.25. The van der Waals surface area contributed by atoms with Crippen molar-refractivity contribution in [3.8, 4) is 5.75 Å². The second kappa shape index (κ2) is 8.06. The van der Waals surface area contributed by atoms with Gasteiger partial charge in [0.1, 0.15) is 12.4 Å². The standard InChI is InChI=1S/C21H28N2O2/c1-15-11-16(2)13-18(12-15)23-20(24)22-9-10-25-19-8-6-7-17(14-19)21(3,4)5/h6-8,11-14H,9-10H2,1-5H3,(H2,22,23,24). The number of rotatable bonds is 5. The summed E-state index contributed by atoms with van der Waals surface area (Å²) in [5.41, 5.74) is 4.36. The Labute approximate surface area is 150 Å². The third-order valence-corrected chi connectivity index (χ3v) is 3.84. The van der Waals surface area contributed by atoms with Crippen molar-refractivity contribution in [3.05, 3.63) is 59.2 Å². The molecule has 0 spiro atoms. The van der Waals surface area contributed by atoms with Gasteiger partial charge in [-0.2, -0.15) is 0 Å². The van der Waals surface area contributed by atoms with Crippen LogP contribution in [0.5, 0.6) is 5.75 Å². The van der Waals surface area contributed by atoms with Crippen LogP contribution in [0.3, 0.4) is 0 Å². The number of hydrogen-bond acceptors (Lipinski definition) is 2. The molecule has 0 heterocycles. The first-order valence-corrected chi connectivity index (χ1v) is 8.60. The summed E-state index contributed by atoms with van der Waals surface area (Å²) < 4.78 is 5.74. The predicted octanol–water partition coefficient (Wildman–Crippen LogP) is 4.80. The minimum Gasteiger partial charge on any atom is -0.492 e. The molecule has 4 nitrogen and oxygen atoms in total. The third-order valence-electron chi connectivity index (χ3n) is 3.84. The number of benzene rings is 2. The lowest BCUT2D eigenvalue weighted by Gasteiger charge is -2.19. The number of carbonyl (C=O) groups is 1. The van der Waals surface area contributed by atoms with Crippen LogP contribution in [0.1, 0.15) is 37.5 Å². The number of hydrogen-bond donors (Lipinski definition) is 2. The number of ether oxygens (including phenoxy) is 1. The normalized spacial score (nSPS) is 11.1. The van der Waals surface area contributed by atoms with Gasteiger partial charge in [-0.15, -0.1) is 0 Å². The Balaban J connectivity index is 1.78. The number of amides is 2. The molecule has 0 saturated carbocycles. The average Bonchev–Trinajstić information content (AvgIpc) is 2.50. The molecule has 0 radical (unpaired) electrons. The van der Waals surface area contributed by atoms with Gasteiger partial charge < -0.3 is 15.4 Å². The predicted molar refractivity (Wildman–Crippen MR) is 104 cm³/mol. The highest BCUT2D eigenvalue weighted by molar-refractivity contribution is 5.89. The smallest absolute Gasteiger partial charge is 0.319 e. The van der Waals surface area contributed by atoms with Crippen LogP contribution in [0.4, 0.5) is 10.5 Å². The van der Waals surface area contributed by atoms with Crippen molar-refractivity contribution in [2.45, 2.75) is 40.0 Å². The zero-order chi connectivity index (χ0) is 18.4. The Hall–Kier alpha value is -2.49. The summed E-state index contributed by atoms with van der Waals surface area (Å²) in [6.45, 7) is 11.4. The van der Waals surface area contributed by atoms with Crippen LogP contribution in [-0.2, 0) is 5.41 Å². The van der Waals surface area contributed by atoms with Crippen LogP contribution < -0.4 is 15.4 Å². The largest absolute Gasteiger partial charge is 0.492 e. The van der Waals surface area contributed by atoms with Crippen LogP contribution in [0, 0.1) is 13.8 Å². The maximum atomic E-state index is 12.0. The van der Waals surface area contributed by atoms with Crippen molar-refractivity contribution in [1.29, 1.82) is 0 Å². The lowest BCUT2D eigenvalue weighted by atomic mass is 9.87. The van der Waals surface area contributed by atoms with Gasteiger partial charge >= 0.3 is 6.03 Å². The number of nitrogens with one attached hydrogen (secondary N) is 2. The summed E-state index contributed by atoms with van der Waals surface area (Å²) in [4.78, 5) is 12.0. The van der Waals surface area contributed by atoms with E-state index in [2.05, 4.69) is 49.6 Å². The zero-order valence-corrected chi connectivity index (χ0v) is 15.8. The second-order valence-corrected chi connectivity index (χ2v) is 7.38. The molecule has 2 amide bonds. The number of aryl methyl sites for hydroxylation is 2. The molecular formula is C21H28N2O2. The van der Waals surface area contributed by atoms with Crippen LogP contribution in [0.25, 0.3) is 0 Å². The molecule has 0 unspecified atom stereocenters. The molecule has 2 rings (SSSR count). The highest BCUT2D eigenvalue weighted by atomic mass is 16.5. The molecule has 4 heteroatoms. The molecule has 0 saturated heterocycles. The van der Waals surface area contributed by atoms with Crippen LogP contribution in [-0.4, -0.2) is 19.2 Å². The molecule has 134 valence electrons. The van der Waals surface area contributed by atoms with Gasteiger partial charge in [0.15, 0.2) is 0 Å². The van der Waals surface area contributed by atoms with Crippen molar-refractivity contribution in [2.75, 3.05) is 18.5 Å². The van der Waals surface area contributed by atoms with Crippen LogP contribution >= 0.6 is 0 Å². The Morgan fingerprint density at radius 1 is 1.04 bits per heavy atom. The molecule has 2 N–H and O–H groups in total. The summed E-state index contributed by atoms with van der Waals surface area (Å²) in [6.07, 6.45) is 0.